The van der Waals surface area contributed by atoms with E-state index in [0.29, 0.717) is 25.7 Å². The maximum atomic E-state index is 13.1. The predicted octanol–water partition coefficient (Wildman–Crippen LogP) is 25.1. The summed E-state index contributed by atoms with van der Waals surface area (Å²) in [7, 11) is -9.92. The van der Waals surface area contributed by atoms with Gasteiger partial charge in [0.05, 0.1) is 26.4 Å². The van der Waals surface area contributed by atoms with Crippen LogP contribution in [0.15, 0.2) is 0 Å². The summed E-state index contributed by atoms with van der Waals surface area (Å²) < 4.78 is 68.8. The molecule has 3 N–H and O–H groups in total. The molecule has 0 aromatic carbocycles. The lowest BCUT2D eigenvalue weighted by Gasteiger charge is -2.21. The summed E-state index contributed by atoms with van der Waals surface area (Å²) in [4.78, 5) is 73.1. The molecule has 0 aromatic rings. The summed E-state index contributed by atoms with van der Waals surface area (Å²) in [6.07, 6.45) is 65.2. The molecule has 0 saturated heterocycles. The van der Waals surface area contributed by atoms with E-state index in [-0.39, 0.29) is 25.7 Å². The van der Waals surface area contributed by atoms with Crippen LogP contribution in [0.1, 0.15) is 440 Å². The maximum Gasteiger partial charge on any atom is 0.472 e. The van der Waals surface area contributed by atoms with E-state index in [1.54, 1.807) is 0 Å². The first kappa shape index (κ1) is 100. The Labute approximate surface area is 626 Å². The highest BCUT2D eigenvalue weighted by Gasteiger charge is 2.30. The van der Waals surface area contributed by atoms with Crippen LogP contribution in [-0.2, 0) is 65.4 Å². The van der Waals surface area contributed by atoms with Gasteiger partial charge in [-0.25, -0.2) is 9.13 Å². The molecular weight excluding hydrogens is 1330 g/mol. The molecule has 0 rings (SSSR count). The molecule has 2 unspecified atom stereocenters. The van der Waals surface area contributed by atoms with Crippen LogP contribution in [0.2, 0.25) is 0 Å². The highest BCUT2D eigenvalue weighted by molar-refractivity contribution is 7.47. The number of aliphatic hydroxyl groups excluding tert-OH is 1. The third kappa shape index (κ3) is 76.3. The van der Waals surface area contributed by atoms with Gasteiger partial charge in [0.15, 0.2) is 12.2 Å². The summed E-state index contributed by atoms with van der Waals surface area (Å²) in [5.41, 5.74) is 0. The average Bonchev–Trinajstić information content (AvgIpc) is 0.923. The molecule has 0 heterocycles. The molecule has 0 fully saturated rings. The second-order valence-corrected chi connectivity index (χ2v) is 33.7. The van der Waals surface area contributed by atoms with Gasteiger partial charge in [-0.05, 0) is 37.5 Å². The lowest BCUT2D eigenvalue weighted by atomic mass is 10.0. The second-order valence-electron chi connectivity index (χ2n) is 30.8. The van der Waals surface area contributed by atoms with Crippen LogP contribution in [0, 0.1) is 11.8 Å². The molecule has 606 valence electrons. The van der Waals surface area contributed by atoms with E-state index >= 15 is 0 Å². The first-order valence-electron chi connectivity index (χ1n) is 43.0. The van der Waals surface area contributed by atoms with E-state index in [2.05, 4.69) is 41.5 Å². The Morgan fingerprint density at radius 3 is 0.667 bits per heavy atom. The Hall–Kier alpha value is -1.94. The fourth-order valence-corrected chi connectivity index (χ4v) is 14.5. The molecule has 17 nitrogen and oxygen atoms in total. The van der Waals surface area contributed by atoms with Crippen LogP contribution in [0.4, 0.5) is 0 Å². The number of carbonyl (C=O) groups excluding carboxylic acids is 4. The Bertz CT molecular complexity index is 1960. The van der Waals surface area contributed by atoms with Gasteiger partial charge in [-0.2, -0.15) is 0 Å². The topological polar surface area (TPSA) is 237 Å². The molecule has 0 spiro atoms. The summed E-state index contributed by atoms with van der Waals surface area (Å²) in [6.45, 7) is 9.64. The first-order valence-corrected chi connectivity index (χ1v) is 46.0. The molecule has 0 aromatic heterocycles. The minimum atomic E-state index is -4.96. The number of esters is 4. The predicted molar refractivity (Wildman–Crippen MR) is 418 cm³/mol. The zero-order valence-corrected chi connectivity index (χ0v) is 68.7. The zero-order valence-electron chi connectivity index (χ0n) is 66.9. The van der Waals surface area contributed by atoms with Gasteiger partial charge in [0, 0.05) is 25.7 Å². The third-order valence-corrected chi connectivity index (χ3v) is 21.4. The van der Waals surface area contributed by atoms with Gasteiger partial charge in [-0.15, -0.1) is 0 Å². The third-order valence-electron chi connectivity index (χ3n) is 19.5. The van der Waals surface area contributed by atoms with E-state index in [9.17, 15) is 43.2 Å². The van der Waals surface area contributed by atoms with Gasteiger partial charge in [-0.3, -0.25) is 37.3 Å². The van der Waals surface area contributed by atoms with E-state index in [1.165, 1.54) is 257 Å². The molecule has 0 aliphatic rings. The van der Waals surface area contributed by atoms with Gasteiger partial charge in [0.25, 0.3) is 0 Å². The second kappa shape index (κ2) is 74.5. The van der Waals surface area contributed by atoms with Crippen LogP contribution >= 0.6 is 15.6 Å². The number of hydrogen-bond donors (Lipinski definition) is 3. The summed E-state index contributed by atoms with van der Waals surface area (Å²) >= 11 is 0. The van der Waals surface area contributed by atoms with E-state index in [0.717, 1.165) is 102 Å². The van der Waals surface area contributed by atoms with Gasteiger partial charge in [0.1, 0.15) is 19.3 Å². The van der Waals surface area contributed by atoms with Crippen LogP contribution < -0.4 is 0 Å². The fraction of sp³-hybridized carbons (Fsp3) is 0.952. The monoisotopic (exact) mass is 1490 g/mol. The molecule has 102 heavy (non-hydrogen) atoms. The van der Waals surface area contributed by atoms with Crippen LogP contribution in [0.5, 0.6) is 0 Å². The van der Waals surface area contributed by atoms with Crippen molar-refractivity contribution in [1.29, 1.82) is 0 Å². The van der Waals surface area contributed by atoms with E-state index in [4.69, 9.17) is 37.0 Å². The largest absolute Gasteiger partial charge is 0.472 e. The quantitative estimate of drug-likeness (QED) is 0.0222. The summed E-state index contributed by atoms with van der Waals surface area (Å²) in [5.74, 6) is -0.592. The molecular formula is C83H162O17P2. The Balaban J connectivity index is 5.25. The molecule has 5 atom stereocenters. The lowest BCUT2D eigenvalue weighted by Crippen LogP contribution is -2.30. The lowest BCUT2D eigenvalue weighted by molar-refractivity contribution is -0.161. The normalized spacial score (nSPS) is 13.9. The molecule has 0 aliphatic carbocycles. The van der Waals surface area contributed by atoms with Gasteiger partial charge in [-0.1, -0.05) is 388 Å². The number of phosphoric acid groups is 2. The highest BCUT2D eigenvalue weighted by Crippen LogP contribution is 2.45. The number of hydrogen-bond acceptors (Lipinski definition) is 15. The van der Waals surface area contributed by atoms with Crippen LogP contribution in [-0.4, -0.2) is 96.7 Å². The van der Waals surface area contributed by atoms with Crippen molar-refractivity contribution in [2.24, 2.45) is 11.8 Å². The van der Waals surface area contributed by atoms with Gasteiger partial charge < -0.3 is 33.8 Å². The molecule has 0 radical (unpaired) electrons. The Morgan fingerprint density at radius 1 is 0.265 bits per heavy atom. The van der Waals surface area contributed by atoms with Gasteiger partial charge >= 0.3 is 39.5 Å². The van der Waals surface area contributed by atoms with Crippen molar-refractivity contribution in [2.75, 3.05) is 39.6 Å². The minimum Gasteiger partial charge on any atom is -0.462 e. The number of rotatable bonds is 82. The number of unbranched alkanes of at least 4 members (excludes halogenated alkanes) is 52. The smallest absolute Gasteiger partial charge is 0.462 e. The fourth-order valence-electron chi connectivity index (χ4n) is 12.9. The SMILES string of the molecule is CCCCCCCCCCCCCCCCCCCCC(=O)O[C@H](COC(=O)CCCCCCCCCCCCCCCCCCC)COP(=O)(O)OC[C@@H](O)COP(=O)(O)OC[C@@H](COC(=O)CCCCCCCCCCC(C)C)OC(=O)CCCCCCCCCCCCCCCC(C)C. The van der Waals surface area contributed by atoms with Crippen molar-refractivity contribution in [3.8, 4) is 0 Å². The van der Waals surface area contributed by atoms with Crippen LogP contribution in [0.25, 0.3) is 0 Å². The first-order chi connectivity index (χ1) is 49.4. The van der Waals surface area contributed by atoms with Gasteiger partial charge in [0.2, 0.25) is 0 Å². The minimum absolute atomic E-state index is 0.107. The van der Waals surface area contributed by atoms with Crippen LogP contribution in [0.3, 0.4) is 0 Å². The van der Waals surface area contributed by atoms with E-state index in [1.807, 2.05) is 0 Å². The molecule has 0 saturated carbocycles. The number of phosphoric ester groups is 2. The summed E-state index contributed by atoms with van der Waals surface area (Å²) in [5, 5.41) is 10.7. The van der Waals surface area contributed by atoms with Crippen molar-refractivity contribution in [1.82, 2.24) is 0 Å². The number of aliphatic hydroxyl groups is 1. The Morgan fingerprint density at radius 2 is 0.451 bits per heavy atom. The molecule has 19 heteroatoms. The average molecular weight is 1490 g/mol. The van der Waals surface area contributed by atoms with Crippen molar-refractivity contribution < 1.29 is 80.2 Å². The van der Waals surface area contributed by atoms with Crippen molar-refractivity contribution in [3.63, 3.8) is 0 Å². The molecule has 0 aliphatic heterocycles. The molecule has 0 amide bonds. The number of carbonyl (C=O) groups is 4. The zero-order chi connectivity index (χ0) is 74.9. The maximum absolute atomic E-state index is 13.1. The summed E-state index contributed by atoms with van der Waals surface area (Å²) in [6, 6.07) is 0. The van der Waals surface area contributed by atoms with E-state index < -0.39 is 97.5 Å². The standard InChI is InChI=1S/C83H162O17P2/c1-7-9-11-13-15-17-19-21-23-25-27-29-33-37-41-49-55-61-67-82(87)99-78(71-93-80(85)65-59-53-47-40-36-32-28-26-24-22-20-18-16-14-12-10-8-2)73-97-101(89,90)95-69-77(84)70-96-102(91,92)98-74-79(72-94-81(86)66-60-54-48-44-43-46-52-58-64-76(5)6)100-83(88)68-62-56-50-42-38-34-30-31-35-39-45-51-57-63-75(3)4/h75-79,84H,7-74H2,1-6H3,(H,89,90)(H,91,92)/t77-,78-,79-/m1/s1. The highest BCUT2D eigenvalue weighted by atomic mass is 31.2. The van der Waals surface area contributed by atoms with Crippen molar-refractivity contribution >= 4 is 39.5 Å². The Kier molecular flexibility index (Phi) is 73.1. The molecule has 0 bridgehead atoms. The van der Waals surface area contributed by atoms with Crippen molar-refractivity contribution in [2.45, 2.75) is 458 Å². The number of ether oxygens (including phenoxy) is 4. The van der Waals surface area contributed by atoms with Crippen molar-refractivity contribution in [3.05, 3.63) is 0 Å².